The maximum Gasteiger partial charge on any atom is 0.220 e. The normalized spacial score (nSPS) is 14.1. The topological polar surface area (TPSA) is 69.6 Å². The molecule has 0 aliphatic rings. The molecule has 0 fully saturated rings. The summed E-state index contributed by atoms with van der Waals surface area (Å²) in [5.41, 5.74) is 0. The van der Waals surface area contributed by atoms with Gasteiger partial charge in [-0.15, -0.1) is 0 Å². The van der Waals surface area contributed by atoms with Crippen LogP contribution in [0.25, 0.3) is 0 Å². The van der Waals surface area contributed by atoms with Gasteiger partial charge in [0.25, 0.3) is 0 Å². The van der Waals surface area contributed by atoms with Crippen LogP contribution >= 0.6 is 0 Å². The highest BCUT2D eigenvalue weighted by atomic mass is 16.3. The summed E-state index contributed by atoms with van der Waals surface area (Å²) < 4.78 is 0. The number of hydrogen-bond acceptors (Lipinski definition) is 3. The number of carbonyl (C=O) groups excluding carboxylic acids is 1. The molecular weight excluding hydrogens is 530 g/mol. The standard InChI is InChI=1S/C39H75NO3/c1-4-6-8-10-12-14-16-17-18-19-20-21-23-25-27-29-31-33-39(43)40-37(34-35-41)36(3)38(42)32-30-28-26-24-22-15-13-11-9-7-5-2/h12,14,16-17,36-38,41-42H,4-11,13,15,18-35H2,1-3H3,(H,40,43)/b14-12-,17-16+. The lowest BCUT2D eigenvalue weighted by Crippen LogP contribution is -2.44. The highest BCUT2D eigenvalue weighted by molar-refractivity contribution is 5.76. The molecule has 4 nitrogen and oxygen atoms in total. The van der Waals surface area contributed by atoms with Crippen LogP contribution in [0.3, 0.4) is 0 Å². The Morgan fingerprint density at radius 2 is 1.02 bits per heavy atom. The van der Waals surface area contributed by atoms with Crippen molar-refractivity contribution in [1.82, 2.24) is 5.32 Å². The third kappa shape index (κ3) is 29.3. The van der Waals surface area contributed by atoms with Crippen LogP contribution in [0.4, 0.5) is 0 Å². The predicted molar refractivity (Wildman–Crippen MR) is 188 cm³/mol. The third-order valence-corrected chi connectivity index (χ3v) is 9.01. The molecule has 3 N–H and O–H groups in total. The minimum absolute atomic E-state index is 0.0346. The summed E-state index contributed by atoms with van der Waals surface area (Å²) in [6.45, 7) is 6.57. The molecule has 0 aromatic rings. The Labute approximate surface area is 269 Å². The quantitative estimate of drug-likeness (QED) is 0.0515. The number of aliphatic hydroxyl groups excluding tert-OH is 2. The van der Waals surface area contributed by atoms with Crippen molar-refractivity contribution in [1.29, 1.82) is 0 Å². The van der Waals surface area contributed by atoms with E-state index in [2.05, 4.69) is 43.5 Å². The molecule has 1 amide bonds. The van der Waals surface area contributed by atoms with E-state index in [-0.39, 0.29) is 24.5 Å². The fraction of sp³-hybridized carbons (Fsp3) is 0.872. The number of allylic oxidation sites excluding steroid dienone is 4. The average Bonchev–Trinajstić information content (AvgIpc) is 3.00. The minimum Gasteiger partial charge on any atom is -0.396 e. The number of aliphatic hydroxyl groups is 2. The highest BCUT2D eigenvalue weighted by Gasteiger charge is 2.25. The van der Waals surface area contributed by atoms with E-state index in [1.807, 2.05) is 6.92 Å². The fourth-order valence-electron chi connectivity index (χ4n) is 5.90. The van der Waals surface area contributed by atoms with E-state index in [4.69, 9.17) is 0 Å². The highest BCUT2D eigenvalue weighted by Crippen LogP contribution is 2.19. The Hall–Kier alpha value is -1.13. The molecule has 0 heterocycles. The fourth-order valence-corrected chi connectivity index (χ4v) is 5.90. The largest absolute Gasteiger partial charge is 0.396 e. The number of amides is 1. The summed E-state index contributed by atoms with van der Waals surface area (Å²) in [6, 6.07) is -0.156. The van der Waals surface area contributed by atoms with Gasteiger partial charge in [0, 0.05) is 25.0 Å². The van der Waals surface area contributed by atoms with Crippen LogP contribution in [0.1, 0.15) is 194 Å². The first kappa shape index (κ1) is 41.9. The Kier molecular flexibility index (Phi) is 32.9. The molecular formula is C39H75NO3. The summed E-state index contributed by atoms with van der Waals surface area (Å²) >= 11 is 0. The molecule has 0 aromatic heterocycles. The van der Waals surface area contributed by atoms with Crippen LogP contribution in [0.5, 0.6) is 0 Å². The predicted octanol–water partition coefficient (Wildman–Crippen LogP) is 11.1. The van der Waals surface area contributed by atoms with Gasteiger partial charge >= 0.3 is 0 Å². The smallest absolute Gasteiger partial charge is 0.220 e. The van der Waals surface area contributed by atoms with Crippen molar-refractivity contribution in [3.8, 4) is 0 Å². The summed E-state index contributed by atoms with van der Waals surface area (Å²) in [7, 11) is 0. The zero-order chi connectivity index (χ0) is 31.6. The van der Waals surface area contributed by atoms with Crippen LogP contribution in [0, 0.1) is 5.92 Å². The van der Waals surface area contributed by atoms with Crippen molar-refractivity contribution in [2.75, 3.05) is 6.61 Å². The second-order valence-electron chi connectivity index (χ2n) is 13.2. The van der Waals surface area contributed by atoms with E-state index in [1.165, 1.54) is 135 Å². The van der Waals surface area contributed by atoms with Crippen LogP contribution in [0.15, 0.2) is 24.3 Å². The van der Waals surface area contributed by atoms with Crippen LogP contribution in [-0.4, -0.2) is 34.9 Å². The number of rotatable bonds is 33. The van der Waals surface area contributed by atoms with E-state index in [1.54, 1.807) is 0 Å². The molecule has 43 heavy (non-hydrogen) atoms. The molecule has 0 aliphatic heterocycles. The van der Waals surface area contributed by atoms with E-state index in [0.717, 1.165) is 25.7 Å². The molecule has 3 atom stereocenters. The Bertz CT molecular complexity index is 632. The van der Waals surface area contributed by atoms with Gasteiger partial charge < -0.3 is 15.5 Å². The van der Waals surface area contributed by atoms with Gasteiger partial charge in [-0.1, -0.05) is 167 Å². The lowest BCUT2D eigenvalue weighted by molar-refractivity contribution is -0.122. The number of carbonyl (C=O) groups is 1. The number of nitrogens with one attached hydrogen (secondary N) is 1. The number of hydrogen-bond donors (Lipinski definition) is 3. The van der Waals surface area contributed by atoms with E-state index in [9.17, 15) is 15.0 Å². The first-order valence-corrected chi connectivity index (χ1v) is 19.0. The van der Waals surface area contributed by atoms with E-state index in [0.29, 0.717) is 12.8 Å². The Balaban J connectivity index is 3.81. The summed E-state index contributed by atoms with van der Waals surface area (Å²) in [5.74, 6) is 0.0257. The summed E-state index contributed by atoms with van der Waals surface area (Å²) in [6.07, 6.45) is 40.7. The lowest BCUT2D eigenvalue weighted by atomic mass is 9.90. The average molecular weight is 606 g/mol. The van der Waals surface area contributed by atoms with Gasteiger partial charge in [0.1, 0.15) is 0 Å². The lowest BCUT2D eigenvalue weighted by Gasteiger charge is -2.28. The van der Waals surface area contributed by atoms with Crippen LogP contribution in [0.2, 0.25) is 0 Å². The van der Waals surface area contributed by atoms with Crippen molar-refractivity contribution in [2.45, 2.75) is 206 Å². The van der Waals surface area contributed by atoms with Gasteiger partial charge in [-0.2, -0.15) is 0 Å². The second kappa shape index (κ2) is 33.8. The van der Waals surface area contributed by atoms with Gasteiger partial charge in [0.15, 0.2) is 0 Å². The van der Waals surface area contributed by atoms with Gasteiger partial charge in [-0.25, -0.2) is 0 Å². The second-order valence-corrected chi connectivity index (χ2v) is 13.2. The van der Waals surface area contributed by atoms with Crippen molar-refractivity contribution in [2.24, 2.45) is 5.92 Å². The van der Waals surface area contributed by atoms with E-state index < -0.39 is 6.10 Å². The molecule has 0 bridgehead atoms. The Morgan fingerprint density at radius 1 is 0.605 bits per heavy atom. The first-order valence-electron chi connectivity index (χ1n) is 19.0. The van der Waals surface area contributed by atoms with Crippen LogP contribution < -0.4 is 5.32 Å². The SMILES string of the molecule is CCCCC/C=C\C=C\CCCCCCCCCCC(=O)NC(CCO)C(C)C(O)CCCCCCCCCCCCC. The van der Waals surface area contributed by atoms with Gasteiger partial charge in [-0.3, -0.25) is 4.79 Å². The molecule has 254 valence electrons. The molecule has 0 aromatic carbocycles. The molecule has 0 spiro atoms. The van der Waals surface area contributed by atoms with Crippen molar-refractivity contribution in [3.05, 3.63) is 24.3 Å². The van der Waals surface area contributed by atoms with Crippen molar-refractivity contribution >= 4 is 5.91 Å². The van der Waals surface area contributed by atoms with Gasteiger partial charge in [0.05, 0.1) is 6.10 Å². The maximum absolute atomic E-state index is 12.6. The van der Waals surface area contributed by atoms with Crippen LogP contribution in [-0.2, 0) is 4.79 Å². The van der Waals surface area contributed by atoms with Gasteiger partial charge in [-0.05, 0) is 44.9 Å². The maximum atomic E-state index is 12.6. The van der Waals surface area contributed by atoms with Crippen molar-refractivity contribution < 1.29 is 15.0 Å². The van der Waals surface area contributed by atoms with Crippen molar-refractivity contribution in [3.63, 3.8) is 0 Å². The molecule has 3 unspecified atom stereocenters. The third-order valence-electron chi connectivity index (χ3n) is 9.01. The summed E-state index contributed by atoms with van der Waals surface area (Å²) in [4.78, 5) is 12.6. The van der Waals surface area contributed by atoms with Gasteiger partial charge in [0.2, 0.25) is 5.91 Å². The Morgan fingerprint density at radius 3 is 1.53 bits per heavy atom. The molecule has 0 saturated heterocycles. The zero-order valence-electron chi connectivity index (χ0n) is 29.1. The first-order chi connectivity index (χ1) is 21.1. The minimum atomic E-state index is -0.427. The molecule has 4 heteroatoms. The monoisotopic (exact) mass is 606 g/mol. The molecule has 0 saturated carbocycles. The summed E-state index contributed by atoms with van der Waals surface area (Å²) in [5, 5.41) is 23.4. The molecule has 0 radical (unpaired) electrons. The zero-order valence-corrected chi connectivity index (χ0v) is 29.1. The van der Waals surface area contributed by atoms with E-state index >= 15 is 0 Å². The molecule has 0 rings (SSSR count). The number of unbranched alkanes of at least 4 members (excludes halogenated alkanes) is 21. The molecule has 0 aliphatic carbocycles.